The van der Waals surface area contributed by atoms with Crippen molar-refractivity contribution in [1.29, 1.82) is 0 Å². The fourth-order valence-corrected chi connectivity index (χ4v) is 3.71. The molecule has 1 aromatic heterocycles. The number of rotatable bonds is 7. The Bertz CT molecular complexity index is 955. The predicted octanol–water partition coefficient (Wildman–Crippen LogP) is 2.79. The van der Waals surface area contributed by atoms with Gasteiger partial charge in [-0.25, -0.2) is 4.99 Å². The second-order valence-electron chi connectivity index (χ2n) is 8.42. The standard InChI is InChI=1S/C23H32N6O2/c1-15(2)23(4,21-27-22(31-28-21)29-11-9-20(30)10-12-29)19-7-5-17(6-8-19)18(13-24)14-26-16(3)25/h5-8,13-15,20,30H,3,9-12,24-25H2,1-2,4H3/b18-13+,26-14?. The van der Waals surface area contributed by atoms with Gasteiger partial charge in [0.25, 0.3) is 0 Å². The summed E-state index contributed by atoms with van der Waals surface area (Å²) in [4.78, 5) is 10.8. The quantitative estimate of drug-likeness (QED) is 0.583. The van der Waals surface area contributed by atoms with Gasteiger partial charge < -0.3 is 26.0 Å². The molecule has 1 aliphatic heterocycles. The first-order chi connectivity index (χ1) is 14.8. The van der Waals surface area contributed by atoms with Gasteiger partial charge in [-0.2, -0.15) is 4.98 Å². The van der Waals surface area contributed by atoms with Crippen molar-refractivity contribution in [2.75, 3.05) is 18.0 Å². The fraction of sp³-hybridized carbons (Fsp3) is 0.435. The van der Waals surface area contributed by atoms with E-state index < -0.39 is 5.41 Å². The number of hydrogen-bond acceptors (Lipinski definition) is 8. The van der Waals surface area contributed by atoms with Gasteiger partial charge >= 0.3 is 6.01 Å². The Morgan fingerprint density at radius 3 is 2.52 bits per heavy atom. The Hall–Kier alpha value is -3.13. The fourth-order valence-electron chi connectivity index (χ4n) is 3.71. The molecule has 0 saturated carbocycles. The lowest BCUT2D eigenvalue weighted by atomic mass is 9.72. The minimum absolute atomic E-state index is 0.221. The first kappa shape index (κ1) is 22.6. The molecule has 1 aliphatic rings. The van der Waals surface area contributed by atoms with Gasteiger partial charge in [0.05, 0.1) is 11.5 Å². The zero-order chi connectivity index (χ0) is 22.6. The van der Waals surface area contributed by atoms with Gasteiger partial charge in [0, 0.05) is 31.1 Å². The highest BCUT2D eigenvalue weighted by molar-refractivity contribution is 6.09. The van der Waals surface area contributed by atoms with E-state index in [9.17, 15) is 5.11 Å². The highest BCUT2D eigenvalue weighted by Crippen LogP contribution is 2.38. The Morgan fingerprint density at radius 1 is 1.32 bits per heavy atom. The Kier molecular flexibility index (Phi) is 6.80. The minimum Gasteiger partial charge on any atom is -0.404 e. The largest absolute Gasteiger partial charge is 0.404 e. The van der Waals surface area contributed by atoms with Crippen LogP contribution in [0.5, 0.6) is 0 Å². The number of aliphatic hydroxyl groups is 1. The highest BCUT2D eigenvalue weighted by Gasteiger charge is 2.38. The average molecular weight is 425 g/mol. The average Bonchev–Trinajstić information content (AvgIpc) is 3.25. The normalized spacial score (nSPS) is 18.0. The maximum Gasteiger partial charge on any atom is 0.324 e. The molecule has 8 heteroatoms. The summed E-state index contributed by atoms with van der Waals surface area (Å²) in [6.07, 6.45) is 4.25. The van der Waals surface area contributed by atoms with Gasteiger partial charge in [-0.1, -0.05) is 49.8 Å². The summed E-state index contributed by atoms with van der Waals surface area (Å²) in [7, 11) is 0. The third-order valence-corrected chi connectivity index (χ3v) is 6.14. The van der Waals surface area contributed by atoms with E-state index in [2.05, 4.69) is 49.6 Å². The summed E-state index contributed by atoms with van der Waals surface area (Å²) in [6, 6.07) is 8.60. The van der Waals surface area contributed by atoms with E-state index in [1.807, 2.05) is 17.0 Å². The van der Waals surface area contributed by atoms with Crippen LogP contribution in [0.2, 0.25) is 0 Å². The smallest absolute Gasteiger partial charge is 0.324 e. The van der Waals surface area contributed by atoms with E-state index in [0.717, 1.165) is 16.7 Å². The molecule has 0 spiro atoms. The Balaban J connectivity index is 1.88. The molecule has 31 heavy (non-hydrogen) atoms. The molecule has 2 heterocycles. The number of aromatic nitrogens is 2. The topological polar surface area (TPSA) is 127 Å². The Morgan fingerprint density at radius 2 is 1.97 bits per heavy atom. The molecule has 0 amide bonds. The molecule has 166 valence electrons. The van der Waals surface area contributed by atoms with Crippen LogP contribution < -0.4 is 16.4 Å². The molecule has 0 bridgehead atoms. The van der Waals surface area contributed by atoms with Gasteiger partial charge in [-0.3, -0.25) is 0 Å². The lowest BCUT2D eigenvalue weighted by Crippen LogP contribution is -2.36. The molecule has 1 aromatic carbocycles. The van der Waals surface area contributed by atoms with Gasteiger partial charge in [0.15, 0.2) is 5.82 Å². The van der Waals surface area contributed by atoms with Crippen molar-refractivity contribution in [3.8, 4) is 0 Å². The van der Waals surface area contributed by atoms with Crippen molar-refractivity contribution in [3.63, 3.8) is 0 Å². The zero-order valence-corrected chi connectivity index (χ0v) is 18.5. The van der Waals surface area contributed by atoms with Crippen LogP contribution in [0.25, 0.3) is 5.57 Å². The minimum atomic E-state index is -0.443. The lowest BCUT2D eigenvalue weighted by molar-refractivity contribution is 0.143. The van der Waals surface area contributed by atoms with Crippen LogP contribution in [0, 0.1) is 5.92 Å². The van der Waals surface area contributed by atoms with Crippen LogP contribution in [0.3, 0.4) is 0 Å². The number of nitrogens with zero attached hydrogens (tertiary/aromatic N) is 4. The summed E-state index contributed by atoms with van der Waals surface area (Å²) in [5.41, 5.74) is 13.6. The van der Waals surface area contributed by atoms with Crippen molar-refractivity contribution in [2.24, 2.45) is 22.4 Å². The summed E-state index contributed by atoms with van der Waals surface area (Å²) in [5, 5.41) is 14.1. The number of hydrogen-bond donors (Lipinski definition) is 3. The van der Waals surface area contributed by atoms with E-state index in [0.29, 0.717) is 37.8 Å². The van der Waals surface area contributed by atoms with Gasteiger partial charge in [0.2, 0.25) is 0 Å². The van der Waals surface area contributed by atoms with Gasteiger partial charge in [-0.15, -0.1) is 0 Å². The van der Waals surface area contributed by atoms with Crippen LogP contribution in [0.15, 0.2) is 52.4 Å². The summed E-state index contributed by atoms with van der Waals surface area (Å²) in [6.45, 7) is 11.4. The molecule has 1 saturated heterocycles. The van der Waals surface area contributed by atoms with E-state index >= 15 is 0 Å². The molecular formula is C23H32N6O2. The molecule has 0 radical (unpaired) electrons. The number of allylic oxidation sites excluding steroid dienone is 1. The number of nitrogens with two attached hydrogens (primary N) is 2. The van der Waals surface area contributed by atoms with Crippen molar-refractivity contribution < 1.29 is 9.63 Å². The molecule has 0 aliphatic carbocycles. The van der Waals surface area contributed by atoms with Crippen molar-refractivity contribution in [2.45, 2.75) is 45.1 Å². The lowest BCUT2D eigenvalue weighted by Gasteiger charge is -2.31. The van der Waals surface area contributed by atoms with Gasteiger partial charge in [0.1, 0.15) is 5.82 Å². The van der Waals surface area contributed by atoms with E-state index in [-0.39, 0.29) is 17.8 Å². The molecule has 8 nitrogen and oxygen atoms in total. The monoisotopic (exact) mass is 424 g/mol. The summed E-state index contributed by atoms with van der Waals surface area (Å²) >= 11 is 0. The summed E-state index contributed by atoms with van der Waals surface area (Å²) in [5.74, 6) is 1.09. The first-order valence-corrected chi connectivity index (χ1v) is 10.5. The maximum absolute atomic E-state index is 9.75. The van der Waals surface area contributed by atoms with Crippen molar-refractivity contribution >= 4 is 17.8 Å². The maximum atomic E-state index is 9.75. The van der Waals surface area contributed by atoms with Gasteiger partial charge in [-0.05, 0) is 36.8 Å². The molecule has 1 atom stereocenters. The van der Waals surface area contributed by atoms with Crippen LogP contribution in [-0.2, 0) is 5.41 Å². The molecule has 1 fully saturated rings. The number of aliphatic hydroxyl groups excluding tert-OH is 1. The summed E-state index contributed by atoms with van der Waals surface area (Å²) < 4.78 is 5.61. The Labute approximate surface area is 183 Å². The number of benzene rings is 1. The first-order valence-electron chi connectivity index (χ1n) is 10.5. The molecule has 2 aromatic rings. The molecule has 3 rings (SSSR count). The van der Waals surface area contributed by atoms with E-state index in [4.69, 9.17) is 21.0 Å². The predicted molar refractivity (Wildman–Crippen MR) is 123 cm³/mol. The SMILES string of the molecule is C=C(N)N=C/C(=C\N)c1ccc(C(C)(c2noc(N3CCC(O)CC3)n2)C(C)C)cc1. The van der Waals surface area contributed by atoms with Crippen molar-refractivity contribution in [3.05, 3.63) is 59.8 Å². The van der Waals surface area contributed by atoms with E-state index in [1.165, 1.54) is 6.20 Å². The van der Waals surface area contributed by atoms with E-state index in [1.54, 1.807) is 6.21 Å². The highest BCUT2D eigenvalue weighted by atomic mass is 16.5. The third kappa shape index (κ3) is 4.80. The third-order valence-electron chi connectivity index (χ3n) is 6.14. The second-order valence-corrected chi connectivity index (χ2v) is 8.42. The number of anilines is 1. The number of piperidine rings is 1. The van der Waals surface area contributed by atoms with Crippen LogP contribution in [-0.4, -0.2) is 40.7 Å². The van der Waals surface area contributed by atoms with Crippen molar-refractivity contribution in [1.82, 2.24) is 10.1 Å². The second kappa shape index (κ2) is 9.34. The van der Waals surface area contributed by atoms with Crippen LogP contribution in [0.1, 0.15) is 50.6 Å². The number of aliphatic imine (C=N–C) groups is 1. The zero-order valence-electron chi connectivity index (χ0n) is 18.5. The molecular weight excluding hydrogens is 392 g/mol. The van der Waals surface area contributed by atoms with Crippen LogP contribution in [0.4, 0.5) is 6.01 Å². The van der Waals surface area contributed by atoms with Crippen LogP contribution >= 0.6 is 0 Å². The molecule has 5 N–H and O–H groups in total. The molecule has 1 unspecified atom stereocenters.